The molecule has 8 heteroatoms. The number of ether oxygens (including phenoxy) is 1. The third-order valence-corrected chi connectivity index (χ3v) is 4.40. The summed E-state index contributed by atoms with van der Waals surface area (Å²) < 4.78 is 42.6. The molecule has 0 aliphatic carbocycles. The highest BCUT2D eigenvalue weighted by Crippen LogP contribution is 2.25. The third kappa shape index (κ3) is 4.84. The van der Waals surface area contributed by atoms with Crippen LogP contribution < -0.4 is 10.3 Å². The highest BCUT2D eigenvalue weighted by molar-refractivity contribution is 6.30. The van der Waals surface area contributed by atoms with E-state index in [1.165, 1.54) is 17.0 Å². The molecule has 0 bridgehead atoms. The Kier molecular flexibility index (Phi) is 5.65. The van der Waals surface area contributed by atoms with Crippen LogP contribution in [0.25, 0.3) is 10.9 Å². The molecule has 0 saturated heterocycles. The average molecular weight is 411 g/mol. The van der Waals surface area contributed by atoms with Crippen molar-refractivity contribution in [2.24, 2.45) is 5.92 Å². The first kappa shape index (κ1) is 20.2. The maximum Gasteiger partial charge on any atom is 0.573 e. The van der Waals surface area contributed by atoms with Gasteiger partial charge in [0.15, 0.2) is 0 Å². The normalized spacial score (nSPS) is 12.0. The van der Waals surface area contributed by atoms with Gasteiger partial charge in [0.2, 0.25) is 0 Å². The summed E-state index contributed by atoms with van der Waals surface area (Å²) in [5.74, 6) is -0.0478. The van der Waals surface area contributed by atoms with Crippen molar-refractivity contribution in [3.05, 3.63) is 69.2 Å². The van der Waals surface area contributed by atoms with Crippen LogP contribution in [-0.4, -0.2) is 15.9 Å². The number of aromatic nitrogens is 2. The monoisotopic (exact) mass is 410 g/mol. The fraction of sp³-hybridized carbons (Fsp3) is 0.300. The molecule has 3 aromatic rings. The predicted molar refractivity (Wildman–Crippen MR) is 102 cm³/mol. The van der Waals surface area contributed by atoms with Crippen LogP contribution in [0, 0.1) is 5.92 Å². The van der Waals surface area contributed by atoms with Gasteiger partial charge in [-0.2, -0.15) is 0 Å². The maximum absolute atomic E-state index is 12.8. The largest absolute Gasteiger partial charge is 0.573 e. The number of hydrogen-bond acceptors (Lipinski definition) is 3. The van der Waals surface area contributed by atoms with E-state index in [9.17, 15) is 18.0 Å². The summed E-state index contributed by atoms with van der Waals surface area (Å²) in [6, 6.07) is 9.02. The molecule has 1 aromatic heterocycles. The Labute approximate surface area is 164 Å². The molecule has 0 atom stereocenters. The van der Waals surface area contributed by atoms with Gasteiger partial charge in [-0.05, 0) is 53.8 Å². The number of nitrogens with zero attached hydrogens (tertiary/aromatic N) is 2. The molecule has 0 amide bonds. The van der Waals surface area contributed by atoms with E-state index in [1.54, 1.807) is 12.1 Å². The van der Waals surface area contributed by atoms with Crippen molar-refractivity contribution in [1.29, 1.82) is 0 Å². The lowest BCUT2D eigenvalue weighted by Crippen LogP contribution is -2.22. The number of halogens is 4. The summed E-state index contributed by atoms with van der Waals surface area (Å²) in [4.78, 5) is 17.0. The average Bonchev–Trinajstić information content (AvgIpc) is 2.58. The molecule has 0 unspecified atom stereocenters. The second kappa shape index (κ2) is 7.83. The van der Waals surface area contributed by atoms with Gasteiger partial charge >= 0.3 is 6.36 Å². The van der Waals surface area contributed by atoms with Gasteiger partial charge in [-0.25, -0.2) is 4.98 Å². The van der Waals surface area contributed by atoms with Crippen LogP contribution in [0.4, 0.5) is 13.2 Å². The zero-order valence-electron chi connectivity index (χ0n) is 15.3. The lowest BCUT2D eigenvalue weighted by Gasteiger charge is -2.14. The van der Waals surface area contributed by atoms with E-state index in [-0.39, 0.29) is 11.9 Å². The molecule has 0 fully saturated rings. The van der Waals surface area contributed by atoms with Crippen molar-refractivity contribution < 1.29 is 17.9 Å². The number of fused-ring (bicyclic) bond motifs is 1. The molecule has 0 aliphatic rings. The van der Waals surface area contributed by atoms with E-state index in [2.05, 4.69) is 23.6 Å². The molecule has 148 valence electrons. The molecular formula is C20H18ClF3N2O2. The number of benzene rings is 2. The van der Waals surface area contributed by atoms with Gasteiger partial charge in [0.25, 0.3) is 5.56 Å². The highest BCUT2D eigenvalue weighted by Gasteiger charge is 2.31. The molecule has 2 aromatic carbocycles. The second-order valence-corrected chi connectivity index (χ2v) is 7.35. The molecule has 0 saturated carbocycles. The molecular weight excluding hydrogens is 393 g/mol. The van der Waals surface area contributed by atoms with Gasteiger partial charge in [0.1, 0.15) is 5.75 Å². The van der Waals surface area contributed by atoms with Crippen molar-refractivity contribution >= 4 is 22.5 Å². The first-order valence-electron chi connectivity index (χ1n) is 8.64. The number of rotatable bonds is 5. The third-order valence-electron chi connectivity index (χ3n) is 4.17. The number of hydrogen-bond donors (Lipinski definition) is 0. The highest BCUT2D eigenvalue weighted by atomic mass is 35.5. The van der Waals surface area contributed by atoms with Crippen LogP contribution in [0.2, 0.25) is 5.02 Å². The first-order chi connectivity index (χ1) is 13.1. The molecule has 0 radical (unpaired) electrons. The summed E-state index contributed by atoms with van der Waals surface area (Å²) in [5, 5.41) is 0.599. The standard InChI is InChI=1S/C20H18ClF3N2O2/c1-12(2)7-13-3-4-15(21)8-14(13)10-26-11-25-18-6-5-16(28-20(22,23)24)9-17(18)19(26)27/h3-6,8-9,11-12H,7,10H2,1-2H3. The van der Waals surface area contributed by atoms with Crippen molar-refractivity contribution in [1.82, 2.24) is 9.55 Å². The molecule has 28 heavy (non-hydrogen) atoms. The van der Waals surface area contributed by atoms with Crippen molar-refractivity contribution in [3.63, 3.8) is 0 Å². The van der Waals surface area contributed by atoms with Gasteiger partial charge < -0.3 is 4.74 Å². The Bertz CT molecular complexity index is 1060. The van der Waals surface area contributed by atoms with Crippen LogP contribution in [0.5, 0.6) is 5.75 Å². The Balaban J connectivity index is 2.01. The van der Waals surface area contributed by atoms with Crippen LogP contribution in [0.15, 0.2) is 47.5 Å². The van der Waals surface area contributed by atoms with E-state index in [4.69, 9.17) is 11.6 Å². The van der Waals surface area contributed by atoms with E-state index in [0.717, 1.165) is 29.7 Å². The summed E-state index contributed by atoms with van der Waals surface area (Å²) in [7, 11) is 0. The zero-order chi connectivity index (χ0) is 20.5. The minimum absolute atomic E-state index is 0.0525. The predicted octanol–water partition coefficient (Wildman–Crippen LogP) is 5.20. The molecule has 1 heterocycles. The lowest BCUT2D eigenvalue weighted by molar-refractivity contribution is -0.274. The van der Waals surface area contributed by atoms with Crippen LogP contribution >= 0.6 is 11.6 Å². The van der Waals surface area contributed by atoms with Crippen molar-refractivity contribution in [2.75, 3.05) is 0 Å². The zero-order valence-corrected chi connectivity index (χ0v) is 16.0. The number of alkyl halides is 3. The summed E-state index contributed by atoms with van der Waals surface area (Å²) in [6.45, 7) is 4.39. The van der Waals surface area contributed by atoms with Gasteiger partial charge in [-0.3, -0.25) is 9.36 Å². The summed E-state index contributed by atoms with van der Waals surface area (Å²) in [5.41, 5.74) is 1.77. The molecule has 3 rings (SSSR count). The van der Waals surface area contributed by atoms with E-state index < -0.39 is 17.7 Å². The smallest absolute Gasteiger partial charge is 0.406 e. The quantitative estimate of drug-likeness (QED) is 0.581. The Morgan fingerprint density at radius 1 is 1.14 bits per heavy atom. The van der Waals surface area contributed by atoms with E-state index >= 15 is 0 Å². The summed E-state index contributed by atoms with van der Waals surface area (Å²) >= 11 is 6.11. The van der Waals surface area contributed by atoms with Crippen LogP contribution in [0.1, 0.15) is 25.0 Å². The minimum Gasteiger partial charge on any atom is -0.406 e. The molecule has 0 spiro atoms. The van der Waals surface area contributed by atoms with Gasteiger partial charge in [0, 0.05) is 5.02 Å². The molecule has 0 aliphatic heterocycles. The first-order valence-corrected chi connectivity index (χ1v) is 9.02. The lowest BCUT2D eigenvalue weighted by atomic mass is 9.98. The fourth-order valence-electron chi connectivity index (χ4n) is 3.01. The Morgan fingerprint density at radius 2 is 1.89 bits per heavy atom. The van der Waals surface area contributed by atoms with E-state index in [1.807, 2.05) is 6.07 Å². The van der Waals surface area contributed by atoms with Crippen LogP contribution in [0.3, 0.4) is 0 Å². The summed E-state index contributed by atoms with van der Waals surface area (Å²) in [6.07, 6.45) is -2.64. The molecule has 0 N–H and O–H groups in total. The SMILES string of the molecule is CC(C)Cc1ccc(Cl)cc1Cn1cnc2ccc(OC(F)(F)F)cc2c1=O. The second-order valence-electron chi connectivity index (χ2n) is 6.92. The van der Waals surface area contributed by atoms with Gasteiger partial charge in [-0.15, -0.1) is 13.2 Å². The maximum atomic E-state index is 12.8. The van der Waals surface area contributed by atoms with Gasteiger partial charge in [-0.1, -0.05) is 31.5 Å². The molecule has 4 nitrogen and oxygen atoms in total. The minimum atomic E-state index is -4.83. The van der Waals surface area contributed by atoms with Crippen LogP contribution in [-0.2, 0) is 13.0 Å². The van der Waals surface area contributed by atoms with Crippen molar-refractivity contribution in [3.8, 4) is 5.75 Å². The van der Waals surface area contributed by atoms with Crippen molar-refractivity contribution in [2.45, 2.75) is 33.2 Å². The topological polar surface area (TPSA) is 44.1 Å². The van der Waals surface area contributed by atoms with Gasteiger partial charge in [0.05, 0.1) is 23.8 Å². The Morgan fingerprint density at radius 3 is 2.57 bits per heavy atom. The fourth-order valence-corrected chi connectivity index (χ4v) is 3.21. The van der Waals surface area contributed by atoms with E-state index in [0.29, 0.717) is 16.5 Å². The Hall–Kier alpha value is -2.54.